The fourth-order valence-corrected chi connectivity index (χ4v) is 1.72. The summed E-state index contributed by atoms with van der Waals surface area (Å²) in [6, 6.07) is 3.38. The number of likely N-dealkylation sites (N-methyl/N-ethyl adjacent to an activating group) is 1. The molecule has 5 heteroatoms. The first-order valence-electron chi connectivity index (χ1n) is 5.62. The average molecular weight is 237 g/mol. The standard InChI is InChI=1S/C12H19N3O2/c1-4-15(9(2)8-17-3)12(16)11-10(13)6-5-7-14-11/h5-7,9H,4,8,13H2,1-3H3. The number of pyridine rings is 1. The van der Waals surface area contributed by atoms with E-state index in [2.05, 4.69) is 4.98 Å². The summed E-state index contributed by atoms with van der Waals surface area (Å²) in [5.74, 6) is -0.157. The maximum absolute atomic E-state index is 12.2. The fourth-order valence-electron chi connectivity index (χ4n) is 1.72. The first kappa shape index (κ1) is 13.4. The number of methoxy groups -OCH3 is 1. The van der Waals surface area contributed by atoms with Gasteiger partial charge in [-0.05, 0) is 26.0 Å². The molecule has 17 heavy (non-hydrogen) atoms. The SMILES string of the molecule is CCN(C(=O)c1ncccc1N)C(C)COC. The van der Waals surface area contributed by atoms with Crippen LogP contribution in [-0.4, -0.2) is 42.1 Å². The molecule has 0 spiro atoms. The Hall–Kier alpha value is -1.62. The molecule has 5 nitrogen and oxygen atoms in total. The lowest BCUT2D eigenvalue weighted by Gasteiger charge is -2.27. The molecule has 1 atom stereocenters. The van der Waals surface area contributed by atoms with Gasteiger partial charge in [-0.25, -0.2) is 4.98 Å². The van der Waals surface area contributed by atoms with Crippen molar-refractivity contribution in [1.82, 2.24) is 9.88 Å². The monoisotopic (exact) mass is 237 g/mol. The van der Waals surface area contributed by atoms with E-state index in [1.165, 1.54) is 0 Å². The van der Waals surface area contributed by atoms with Gasteiger partial charge >= 0.3 is 0 Å². The minimum absolute atomic E-state index is 0.00101. The molecule has 0 aliphatic carbocycles. The predicted molar refractivity (Wildman–Crippen MR) is 66.7 cm³/mol. The van der Waals surface area contributed by atoms with Crippen molar-refractivity contribution in [2.75, 3.05) is 26.0 Å². The molecule has 0 fully saturated rings. The third kappa shape index (κ3) is 3.17. The van der Waals surface area contributed by atoms with Crippen LogP contribution < -0.4 is 5.73 Å². The highest BCUT2D eigenvalue weighted by atomic mass is 16.5. The van der Waals surface area contributed by atoms with Crippen LogP contribution in [0.4, 0.5) is 5.69 Å². The molecular formula is C12H19N3O2. The first-order valence-corrected chi connectivity index (χ1v) is 5.62. The maximum atomic E-state index is 12.2. The second kappa shape index (κ2) is 6.20. The van der Waals surface area contributed by atoms with Gasteiger partial charge in [-0.2, -0.15) is 0 Å². The van der Waals surface area contributed by atoms with Gasteiger partial charge in [0.25, 0.3) is 5.91 Å². The zero-order valence-corrected chi connectivity index (χ0v) is 10.5. The average Bonchev–Trinajstić information content (AvgIpc) is 2.30. The number of rotatable bonds is 5. The third-order valence-corrected chi connectivity index (χ3v) is 2.58. The first-order chi connectivity index (χ1) is 8.11. The molecule has 0 aliphatic heterocycles. The second-order valence-corrected chi connectivity index (χ2v) is 3.84. The Labute approximate surface area is 102 Å². The maximum Gasteiger partial charge on any atom is 0.274 e. The van der Waals surface area contributed by atoms with Crippen molar-refractivity contribution in [1.29, 1.82) is 0 Å². The number of nitrogens with two attached hydrogens (primary N) is 1. The number of ether oxygens (including phenoxy) is 1. The van der Waals surface area contributed by atoms with Crippen molar-refractivity contribution >= 4 is 11.6 Å². The van der Waals surface area contributed by atoms with Gasteiger partial charge < -0.3 is 15.4 Å². The van der Waals surface area contributed by atoms with Crippen molar-refractivity contribution in [3.63, 3.8) is 0 Å². The van der Waals surface area contributed by atoms with Crippen molar-refractivity contribution in [2.45, 2.75) is 19.9 Å². The van der Waals surface area contributed by atoms with Gasteiger partial charge in [-0.15, -0.1) is 0 Å². The summed E-state index contributed by atoms with van der Waals surface area (Å²) in [6.07, 6.45) is 1.57. The summed E-state index contributed by atoms with van der Waals surface area (Å²) >= 11 is 0. The molecule has 0 saturated heterocycles. The summed E-state index contributed by atoms with van der Waals surface area (Å²) < 4.78 is 5.06. The van der Waals surface area contributed by atoms with E-state index in [-0.39, 0.29) is 11.9 Å². The van der Waals surface area contributed by atoms with E-state index in [1.54, 1.807) is 30.3 Å². The second-order valence-electron chi connectivity index (χ2n) is 3.84. The third-order valence-electron chi connectivity index (χ3n) is 2.58. The summed E-state index contributed by atoms with van der Waals surface area (Å²) in [5, 5.41) is 0. The van der Waals surface area contributed by atoms with Crippen LogP contribution in [0.3, 0.4) is 0 Å². The van der Waals surface area contributed by atoms with E-state index in [4.69, 9.17) is 10.5 Å². The van der Waals surface area contributed by atoms with Gasteiger partial charge in [0.2, 0.25) is 0 Å². The number of aromatic nitrogens is 1. The highest BCUT2D eigenvalue weighted by Crippen LogP contribution is 2.12. The smallest absolute Gasteiger partial charge is 0.274 e. The van der Waals surface area contributed by atoms with Crippen LogP contribution in [0.2, 0.25) is 0 Å². The van der Waals surface area contributed by atoms with Gasteiger partial charge in [-0.1, -0.05) is 0 Å². The van der Waals surface area contributed by atoms with E-state index in [1.807, 2.05) is 13.8 Å². The van der Waals surface area contributed by atoms with E-state index in [9.17, 15) is 4.79 Å². The molecule has 0 bridgehead atoms. The summed E-state index contributed by atoms with van der Waals surface area (Å²) in [4.78, 5) is 18.0. The lowest BCUT2D eigenvalue weighted by Crippen LogP contribution is -2.41. The van der Waals surface area contributed by atoms with Crippen LogP contribution in [0.25, 0.3) is 0 Å². The van der Waals surface area contributed by atoms with E-state index >= 15 is 0 Å². The summed E-state index contributed by atoms with van der Waals surface area (Å²) in [7, 11) is 1.62. The van der Waals surface area contributed by atoms with E-state index < -0.39 is 0 Å². The molecule has 94 valence electrons. The minimum atomic E-state index is -0.157. The van der Waals surface area contributed by atoms with Crippen LogP contribution in [0.1, 0.15) is 24.3 Å². The molecule has 1 aromatic rings. The lowest BCUT2D eigenvalue weighted by molar-refractivity contribution is 0.0575. The molecular weight excluding hydrogens is 218 g/mol. The zero-order valence-electron chi connectivity index (χ0n) is 10.5. The highest BCUT2D eigenvalue weighted by Gasteiger charge is 2.22. The Bertz CT molecular complexity index is 382. The number of nitrogen functional groups attached to an aromatic ring is 1. The normalized spacial score (nSPS) is 12.2. The van der Waals surface area contributed by atoms with Crippen molar-refractivity contribution in [3.8, 4) is 0 Å². The molecule has 0 saturated carbocycles. The highest BCUT2D eigenvalue weighted by molar-refractivity contribution is 5.97. The number of hydrogen-bond donors (Lipinski definition) is 1. The van der Waals surface area contributed by atoms with Gasteiger partial charge in [0.15, 0.2) is 5.69 Å². The summed E-state index contributed by atoms with van der Waals surface area (Å²) in [5.41, 5.74) is 6.45. The predicted octanol–water partition coefficient (Wildman–Crippen LogP) is 1.16. The number of amides is 1. The van der Waals surface area contributed by atoms with Gasteiger partial charge in [0, 0.05) is 19.9 Å². The van der Waals surface area contributed by atoms with Crippen LogP contribution in [-0.2, 0) is 4.74 Å². The number of carbonyl (C=O) groups excluding carboxylic acids is 1. The van der Waals surface area contributed by atoms with Crippen LogP contribution in [0.15, 0.2) is 18.3 Å². The lowest BCUT2D eigenvalue weighted by atomic mass is 10.2. The molecule has 1 rings (SSSR count). The molecule has 1 aromatic heterocycles. The van der Waals surface area contributed by atoms with E-state index in [0.29, 0.717) is 24.5 Å². The molecule has 0 aromatic carbocycles. The van der Waals surface area contributed by atoms with Gasteiger partial charge in [-0.3, -0.25) is 4.79 Å². The number of anilines is 1. The molecule has 1 heterocycles. The Balaban J connectivity index is 2.90. The minimum Gasteiger partial charge on any atom is -0.397 e. The van der Waals surface area contributed by atoms with Gasteiger partial charge in [0.05, 0.1) is 18.3 Å². The van der Waals surface area contributed by atoms with E-state index in [0.717, 1.165) is 0 Å². The number of nitrogens with zero attached hydrogens (tertiary/aromatic N) is 2. The van der Waals surface area contributed by atoms with Crippen molar-refractivity contribution < 1.29 is 9.53 Å². The van der Waals surface area contributed by atoms with Crippen LogP contribution >= 0.6 is 0 Å². The van der Waals surface area contributed by atoms with Crippen LogP contribution in [0.5, 0.6) is 0 Å². The fraction of sp³-hybridized carbons (Fsp3) is 0.500. The number of carbonyl (C=O) groups is 1. The topological polar surface area (TPSA) is 68.5 Å². The molecule has 0 radical (unpaired) electrons. The summed E-state index contributed by atoms with van der Waals surface area (Å²) in [6.45, 7) is 4.94. The van der Waals surface area contributed by atoms with Crippen molar-refractivity contribution in [3.05, 3.63) is 24.0 Å². The van der Waals surface area contributed by atoms with Crippen molar-refractivity contribution in [2.24, 2.45) is 0 Å². The molecule has 1 amide bonds. The zero-order chi connectivity index (χ0) is 12.8. The quantitative estimate of drug-likeness (QED) is 0.834. The largest absolute Gasteiger partial charge is 0.397 e. The van der Waals surface area contributed by atoms with Crippen LogP contribution in [0, 0.1) is 0 Å². The molecule has 0 aliphatic rings. The Morgan fingerprint density at radius 3 is 2.88 bits per heavy atom. The Morgan fingerprint density at radius 2 is 2.35 bits per heavy atom. The van der Waals surface area contributed by atoms with Gasteiger partial charge in [0.1, 0.15) is 0 Å². The number of hydrogen-bond acceptors (Lipinski definition) is 4. The molecule has 2 N–H and O–H groups in total. The Kier molecular flexibility index (Phi) is 4.90. The Morgan fingerprint density at radius 1 is 1.65 bits per heavy atom. The molecule has 1 unspecified atom stereocenters.